The second-order valence-electron chi connectivity index (χ2n) is 5.27. The highest BCUT2D eigenvalue weighted by Gasteiger charge is 2.33. The van der Waals surface area contributed by atoms with Crippen LogP contribution < -0.4 is 5.43 Å². The van der Waals surface area contributed by atoms with Crippen LogP contribution in [0.5, 0.6) is 0 Å². The van der Waals surface area contributed by atoms with Crippen molar-refractivity contribution in [2.24, 2.45) is 5.10 Å². The van der Waals surface area contributed by atoms with Crippen molar-refractivity contribution >= 4 is 17.1 Å². The minimum Gasteiger partial charge on any atom is -0.469 e. The summed E-state index contributed by atoms with van der Waals surface area (Å²) >= 11 is 0. The number of benzene rings is 1. The first-order chi connectivity index (χ1) is 11.4. The molecule has 6 nitrogen and oxygen atoms in total. The molecular weight excluding hydrogens is 327 g/mol. The second-order valence-corrected chi connectivity index (χ2v) is 5.27. The molecule has 1 aliphatic carbocycles. The minimum absolute atomic E-state index is 0.101. The molecule has 1 aliphatic rings. The molecule has 0 unspecified atom stereocenters. The van der Waals surface area contributed by atoms with Crippen LogP contribution >= 0.6 is 0 Å². The Balaban J connectivity index is 1.91. The number of anilines is 1. The van der Waals surface area contributed by atoms with Crippen molar-refractivity contribution in [3.63, 3.8) is 0 Å². The van der Waals surface area contributed by atoms with Gasteiger partial charge in [0.1, 0.15) is 11.4 Å². The average molecular weight is 339 g/mol. The summed E-state index contributed by atoms with van der Waals surface area (Å²) in [5, 5.41) is 15.2. The summed E-state index contributed by atoms with van der Waals surface area (Å²) in [6.07, 6.45) is -0.873. The van der Waals surface area contributed by atoms with Gasteiger partial charge in [0.25, 0.3) is 5.69 Å². The van der Waals surface area contributed by atoms with E-state index in [1.54, 1.807) is 6.07 Å². The minimum atomic E-state index is -4.65. The number of fused-ring (bicyclic) bond motifs is 1. The van der Waals surface area contributed by atoms with E-state index in [0.717, 1.165) is 36.3 Å². The van der Waals surface area contributed by atoms with Crippen LogP contribution in [-0.4, -0.2) is 10.6 Å². The van der Waals surface area contributed by atoms with Gasteiger partial charge < -0.3 is 4.42 Å². The van der Waals surface area contributed by atoms with Gasteiger partial charge in [0.05, 0.1) is 22.5 Å². The Hall–Kier alpha value is -2.84. The lowest BCUT2D eigenvalue weighted by Gasteiger charge is -2.13. The van der Waals surface area contributed by atoms with E-state index in [1.807, 2.05) is 0 Å². The normalized spacial score (nSPS) is 16.0. The number of nitrogens with zero attached hydrogens (tertiary/aromatic N) is 2. The van der Waals surface area contributed by atoms with Gasteiger partial charge >= 0.3 is 6.18 Å². The summed E-state index contributed by atoms with van der Waals surface area (Å²) in [5.74, 6) is 0.781. The van der Waals surface area contributed by atoms with E-state index >= 15 is 0 Å². The molecule has 0 saturated carbocycles. The van der Waals surface area contributed by atoms with Crippen molar-refractivity contribution in [2.75, 3.05) is 5.43 Å². The first-order valence-electron chi connectivity index (χ1n) is 7.11. The van der Waals surface area contributed by atoms with Gasteiger partial charge in [0, 0.05) is 18.1 Å². The SMILES string of the molecule is O=[N+]([O-])c1cc(C(F)(F)F)ccc1N/N=C1\CCCc2occc21. The number of hydrogen-bond donors (Lipinski definition) is 1. The third-order valence-corrected chi connectivity index (χ3v) is 3.71. The van der Waals surface area contributed by atoms with E-state index in [4.69, 9.17) is 4.42 Å². The monoisotopic (exact) mass is 339 g/mol. The van der Waals surface area contributed by atoms with Crippen LogP contribution in [-0.2, 0) is 12.6 Å². The second kappa shape index (κ2) is 5.99. The van der Waals surface area contributed by atoms with Crippen molar-refractivity contribution in [3.8, 4) is 0 Å². The van der Waals surface area contributed by atoms with Crippen LogP contribution in [0.1, 0.15) is 29.7 Å². The highest BCUT2D eigenvalue weighted by molar-refractivity contribution is 6.02. The Morgan fingerprint density at radius 3 is 2.75 bits per heavy atom. The molecule has 0 radical (unpaired) electrons. The number of nitro groups is 1. The van der Waals surface area contributed by atoms with E-state index in [1.165, 1.54) is 6.26 Å². The third-order valence-electron chi connectivity index (χ3n) is 3.71. The lowest BCUT2D eigenvalue weighted by molar-refractivity contribution is -0.384. The average Bonchev–Trinajstić information content (AvgIpc) is 3.00. The van der Waals surface area contributed by atoms with Crippen LogP contribution in [0.3, 0.4) is 0 Å². The summed E-state index contributed by atoms with van der Waals surface area (Å²) in [6, 6.07) is 4.02. The molecule has 9 heteroatoms. The Bertz CT molecular complexity index is 812. The molecule has 0 amide bonds. The Morgan fingerprint density at radius 2 is 2.04 bits per heavy atom. The molecule has 0 bridgehead atoms. The number of furan rings is 1. The zero-order chi connectivity index (χ0) is 17.3. The van der Waals surface area contributed by atoms with Crippen LogP contribution in [0, 0.1) is 10.1 Å². The number of alkyl halides is 3. The molecule has 0 atom stereocenters. The molecule has 0 fully saturated rings. The fraction of sp³-hybridized carbons (Fsp3) is 0.267. The Kier molecular flexibility index (Phi) is 4.00. The molecule has 0 aliphatic heterocycles. The van der Waals surface area contributed by atoms with Gasteiger partial charge in [0.2, 0.25) is 0 Å². The summed E-state index contributed by atoms with van der Waals surface area (Å²) < 4.78 is 43.4. The molecule has 0 spiro atoms. The quantitative estimate of drug-likeness (QED) is 0.665. The predicted octanol–water partition coefficient (Wildman–Crippen LogP) is 4.36. The van der Waals surface area contributed by atoms with Crippen LogP contribution in [0.25, 0.3) is 0 Å². The number of hydrazone groups is 1. The smallest absolute Gasteiger partial charge is 0.416 e. The maximum atomic E-state index is 12.7. The molecule has 1 aromatic heterocycles. The molecule has 1 aromatic carbocycles. The van der Waals surface area contributed by atoms with Crippen LogP contribution in [0.4, 0.5) is 24.5 Å². The standard InChI is InChI=1S/C15H12F3N3O3/c16-15(17,18)9-4-5-12(13(8-9)21(22)23)20-19-11-2-1-3-14-10(11)6-7-24-14/h4-8,20H,1-3H2/b19-11+. The summed E-state index contributed by atoms with van der Waals surface area (Å²) in [5.41, 5.74) is 2.11. The van der Waals surface area contributed by atoms with Gasteiger partial charge in [0.15, 0.2) is 0 Å². The zero-order valence-corrected chi connectivity index (χ0v) is 12.3. The molecule has 24 heavy (non-hydrogen) atoms. The number of nitro benzene ring substituents is 1. The number of hydrogen-bond acceptors (Lipinski definition) is 5. The molecule has 0 saturated heterocycles. The largest absolute Gasteiger partial charge is 0.469 e. The highest BCUT2D eigenvalue weighted by Crippen LogP contribution is 2.35. The van der Waals surface area contributed by atoms with Gasteiger partial charge in [-0.1, -0.05) is 0 Å². The summed E-state index contributed by atoms with van der Waals surface area (Å²) in [4.78, 5) is 10.2. The van der Waals surface area contributed by atoms with Crippen molar-refractivity contribution < 1.29 is 22.5 Å². The predicted molar refractivity (Wildman–Crippen MR) is 79.9 cm³/mol. The molecular formula is C15H12F3N3O3. The number of aryl methyl sites for hydroxylation is 1. The van der Waals surface area contributed by atoms with Gasteiger partial charge in [-0.3, -0.25) is 15.5 Å². The van der Waals surface area contributed by atoms with Crippen molar-refractivity contribution in [1.82, 2.24) is 0 Å². The first-order valence-corrected chi connectivity index (χ1v) is 7.11. The molecule has 1 heterocycles. The van der Waals surface area contributed by atoms with Gasteiger partial charge in [-0.05, 0) is 31.0 Å². The van der Waals surface area contributed by atoms with E-state index in [2.05, 4.69) is 10.5 Å². The van der Waals surface area contributed by atoms with E-state index in [-0.39, 0.29) is 5.69 Å². The fourth-order valence-corrected chi connectivity index (χ4v) is 2.54. The molecule has 1 N–H and O–H groups in total. The van der Waals surface area contributed by atoms with Gasteiger partial charge in [-0.2, -0.15) is 18.3 Å². The van der Waals surface area contributed by atoms with Crippen molar-refractivity contribution in [2.45, 2.75) is 25.4 Å². The molecule has 3 rings (SSSR count). The lowest BCUT2D eigenvalue weighted by atomic mass is 9.97. The molecule has 2 aromatic rings. The van der Waals surface area contributed by atoms with E-state index in [9.17, 15) is 23.3 Å². The van der Waals surface area contributed by atoms with E-state index < -0.39 is 22.4 Å². The van der Waals surface area contributed by atoms with Crippen molar-refractivity contribution in [3.05, 3.63) is 57.5 Å². The maximum absolute atomic E-state index is 12.7. The van der Waals surface area contributed by atoms with Crippen LogP contribution in [0.15, 0.2) is 40.0 Å². The number of nitrogens with one attached hydrogen (secondary N) is 1. The van der Waals surface area contributed by atoms with E-state index in [0.29, 0.717) is 18.2 Å². The Labute approximate surface area is 134 Å². The number of halogens is 3. The fourth-order valence-electron chi connectivity index (χ4n) is 2.54. The Morgan fingerprint density at radius 1 is 1.25 bits per heavy atom. The maximum Gasteiger partial charge on any atom is 0.416 e. The highest BCUT2D eigenvalue weighted by atomic mass is 19.4. The topological polar surface area (TPSA) is 80.7 Å². The first kappa shape index (κ1) is 16.0. The summed E-state index contributed by atoms with van der Waals surface area (Å²) in [7, 11) is 0. The summed E-state index contributed by atoms with van der Waals surface area (Å²) in [6.45, 7) is 0. The lowest BCUT2D eigenvalue weighted by Crippen LogP contribution is -2.12. The van der Waals surface area contributed by atoms with Crippen molar-refractivity contribution in [1.29, 1.82) is 0 Å². The molecule has 126 valence electrons. The zero-order valence-electron chi connectivity index (χ0n) is 12.3. The number of rotatable bonds is 3. The third kappa shape index (κ3) is 3.10. The van der Waals surface area contributed by atoms with Gasteiger partial charge in [-0.15, -0.1) is 0 Å². The van der Waals surface area contributed by atoms with Gasteiger partial charge in [-0.25, -0.2) is 0 Å². The van der Waals surface area contributed by atoms with Crippen LogP contribution in [0.2, 0.25) is 0 Å².